The average Bonchev–Trinajstić information content (AvgIpc) is 3.11. The van der Waals surface area contributed by atoms with Crippen molar-refractivity contribution >= 4 is 28.4 Å². The van der Waals surface area contributed by atoms with Gasteiger partial charge in [-0.05, 0) is 57.7 Å². The second kappa shape index (κ2) is 11.2. The minimum atomic E-state index is -0.730. The van der Waals surface area contributed by atoms with Crippen molar-refractivity contribution in [2.24, 2.45) is 5.73 Å². The minimum Gasteiger partial charge on any atom is -0.497 e. The van der Waals surface area contributed by atoms with Crippen molar-refractivity contribution in [1.29, 1.82) is 0 Å². The lowest BCUT2D eigenvalue weighted by molar-refractivity contribution is -0.139. The maximum atomic E-state index is 13.2. The highest BCUT2D eigenvalue weighted by molar-refractivity contribution is 5.92. The molecule has 3 N–H and O–H groups in total. The zero-order valence-corrected chi connectivity index (χ0v) is 22.1. The van der Waals surface area contributed by atoms with Gasteiger partial charge >= 0.3 is 0 Å². The Balaban J connectivity index is 1.35. The number of hydrogen-bond donors (Lipinski definition) is 2. The highest BCUT2D eigenvalue weighted by atomic mass is 16.5. The van der Waals surface area contributed by atoms with Crippen LogP contribution in [-0.2, 0) is 16.0 Å². The number of nitrogens with one attached hydrogen (secondary N) is 1. The van der Waals surface area contributed by atoms with Crippen molar-refractivity contribution in [1.82, 2.24) is 14.8 Å². The van der Waals surface area contributed by atoms with Gasteiger partial charge in [0.1, 0.15) is 18.0 Å². The second-order valence-electron chi connectivity index (χ2n) is 10.2. The SMILES string of the molecule is COc1cc(NC(C)CCCN2C(=O)CN(C(=O)[C@H](N)Cc3ccccc3)C2(C)C)c2ncccc2c1. The largest absolute Gasteiger partial charge is 0.497 e. The number of carbonyl (C=O) groups excluding carboxylic acids is 2. The van der Waals surface area contributed by atoms with Crippen molar-refractivity contribution < 1.29 is 14.3 Å². The minimum absolute atomic E-state index is 0.0473. The summed E-state index contributed by atoms with van der Waals surface area (Å²) in [6.07, 6.45) is 3.85. The van der Waals surface area contributed by atoms with E-state index in [1.165, 1.54) is 0 Å². The number of rotatable bonds is 10. The number of ether oxygens (including phenoxy) is 1. The first kappa shape index (κ1) is 26.4. The molecule has 3 aromatic rings. The number of carbonyl (C=O) groups is 2. The van der Waals surface area contributed by atoms with E-state index in [1.807, 2.05) is 68.4 Å². The lowest BCUT2D eigenvalue weighted by atomic mass is 10.0. The standard InChI is InChI=1S/C29H37N5O3/c1-20(32-25-18-23(37-4)17-22-13-8-14-31-27(22)25)10-9-15-33-26(35)19-34(29(33,2)3)28(36)24(30)16-21-11-6-5-7-12-21/h5-8,11-14,17-18,20,24,32H,9-10,15-16,19,30H2,1-4H3/t20?,24-/m1/s1. The van der Waals surface area contributed by atoms with Gasteiger partial charge in [0.2, 0.25) is 11.8 Å². The van der Waals surface area contributed by atoms with E-state index in [0.29, 0.717) is 13.0 Å². The molecule has 0 aliphatic carbocycles. The molecule has 1 saturated heterocycles. The molecule has 8 nitrogen and oxygen atoms in total. The fraction of sp³-hybridized carbons (Fsp3) is 0.414. The Hall–Kier alpha value is -3.65. The van der Waals surface area contributed by atoms with Crippen LogP contribution in [0.5, 0.6) is 5.75 Å². The van der Waals surface area contributed by atoms with Gasteiger partial charge in [0.25, 0.3) is 0 Å². The number of methoxy groups -OCH3 is 1. The molecule has 1 aromatic heterocycles. The van der Waals surface area contributed by atoms with E-state index >= 15 is 0 Å². The van der Waals surface area contributed by atoms with Crippen LogP contribution in [0.3, 0.4) is 0 Å². The van der Waals surface area contributed by atoms with Gasteiger partial charge in [-0.25, -0.2) is 0 Å². The predicted molar refractivity (Wildman–Crippen MR) is 146 cm³/mol. The van der Waals surface area contributed by atoms with Crippen molar-refractivity contribution in [2.45, 2.75) is 57.8 Å². The third-order valence-corrected chi connectivity index (χ3v) is 7.13. The maximum Gasteiger partial charge on any atom is 0.244 e. The van der Waals surface area contributed by atoms with Crippen LogP contribution < -0.4 is 15.8 Å². The number of amides is 2. The second-order valence-corrected chi connectivity index (χ2v) is 10.2. The highest BCUT2D eigenvalue weighted by Gasteiger charge is 2.47. The van der Waals surface area contributed by atoms with Crippen molar-refractivity contribution in [3.63, 3.8) is 0 Å². The molecule has 0 bridgehead atoms. The fourth-order valence-electron chi connectivity index (χ4n) is 5.05. The number of benzene rings is 2. The maximum absolute atomic E-state index is 13.2. The number of pyridine rings is 1. The molecule has 2 heterocycles. The van der Waals surface area contributed by atoms with E-state index < -0.39 is 11.7 Å². The first-order valence-electron chi connectivity index (χ1n) is 12.8. The molecule has 196 valence electrons. The zero-order valence-electron chi connectivity index (χ0n) is 22.1. The molecule has 0 saturated carbocycles. The first-order valence-corrected chi connectivity index (χ1v) is 12.8. The molecule has 2 aromatic carbocycles. The number of hydrogen-bond acceptors (Lipinski definition) is 6. The molecular formula is C29H37N5O3. The highest BCUT2D eigenvalue weighted by Crippen LogP contribution is 2.30. The van der Waals surface area contributed by atoms with E-state index in [0.717, 1.165) is 40.7 Å². The van der Waals surface area contributed by atoms with E-state index in [1.54, 1.807) is 23.1 Å². The summed E-state index contributed by atoms with van der Waals surface area (Å²) in [5, 5.41) is 4.57. The van der Waals surface area contributed by atoms with Gasteiger partial charge in [-0.15, -0.1) is 0 Å². The molecular weight excluding hydrogens is 466 g/mol. The monoisotopic (exact) mass is 503 g/mol. The summed E-state index contributed by atoms with van der Waals surface area (Å²) in [7, 11) is 1.65. The summed E-state index contributed by atoms with van der Waals surface area (Å²) in [6.45, 7) is 6.57. The molecule has 2 amide bonds. The molecule has 1 unspecified atom stereocenters. The molecule has 1 aliphatic rings. The van der Waals surface area contributed by atoms with Gasteiger partial charge in [-0.2, -0.15) is 0 Å². The summed E-state index contributed by atoms with van der Waals surface area (Å²) in [6, 6.07) is 17.0. The van der Waals surface area contributed by atoms with E-state index in [-0.39, 0.29) is 24.4 Å². The van der Waals surface area contributed by atoms with Crippen LogP contribution in [0.4, 0.5) is 5.69 Å². The van der Waals surface area contributed by atoms with Crippen LogP contribution in [0.15, 0.2) is 60.8 Å². The van der Waals surface area contributed by atoms with E-state index in [4.69, 9.17) is 10.5 Å². The van der Waals surface area contributed by atoms with Crippen LogP contribution in [0.25, 0.3) is 10.9 Å². The van der Waals surface area contributed by atoms with Crippen LogP contribution in [0, 0.1) is 0 Å². The molecule has 37 heavy (non-hydrogen) atoms. The quantitative estimate of drug-likeness (QED) is 0.437. The fourth-order valence-corrected chi connectivity index (χ4v) is 5.05. The normalized spacial score (nSPS) is 16.6. The molecule has 0 radical (unpaired) electrons. The lowest BCUT2D eigenvalue weighted by Crippen LogP contribution is -2.55. The van der Waals surface area contributed by atoms with E-state index in [2.05, 4.69) is 17.2 Å². The van der Waals surface area contributed by atoms with Gasteiger partial charge in [-0.3, -0.25) is 14.6 Å². The van der Waals surface area contributed by atoms with Crippen molar-refractivity contribution in [3.05, 3.63) is 66.4 Å². The first-order chi connectivity index (χ1) is 17.7. The average molecular weight is 504 g/mol. The number of anilines is 1. The lowest BCUT2D eigenvalue weighted by Gasteiger charge is -2.38. The van der Waals surface area contributed by atoms with Crippen LogP contribution in [0.1, 0.15) is 39.2 Å². The van der Waals surface area contributed by atoms with Gasteiger partial charge in [-0.1, -0.05) is 36.4 Å². The Kier molecular flexibility index (Phi) is 7.97. The third kappa shape index (κ3) is 5.85. The molecule has 1 fully saturated rings. The number of aromatic nitrogens is 1. The van der Waals surface area contributed by atoms with Gasteiger partial charge < -0.3 is 25.6 Å². The number of nitrogens with zero attached hydrogens (tertiary/aromatic N) is 3. The van der Waals surface area contributed by atoms with Gasteiger partial charge in [0.15, 0.2) is 0 Å². The van der Waals surface area contributed by atoms with Crippen LogP contribution >= 0.6 is 0 Å². The molecule has 0 spiro atoms. The Bertz CT molecular complexity index is 1250. The Labute approximate surface area is 218 Å². The molecule has 1 aliphatic heterocycles. The number of fused-ring (bicyclic) bond motifs is 1. The molecule has 4 rings (SSSR count). The Morgan fingerprint density at radius 2 is 1.95 bits per heavy atom. The zero-order chi connectivity index (χ0) is 26.6. The third-order valence-electron chi connectivity index (χ3n) is 7.13. The summed E-state index contributed by atoms with van der Waals surface area (Å²) >= 11 is 0. The topological polar surface area (TPSA) is 101 Å². The van der Waals surface area contributed by atoms with Crippen LogP contribution in [0.2, 0.25) is 0 Å². The number of nitrogens with two attached hydrogens (primary N) is 1. The predicted octanol–water partition coefficient (Wildman–Crippen LogP) is 3.80. The van der Waals surface area contributed by atoms with E-state index in [9.17, 15) is 9.59 Å². The molecule has 2 atom stereocenters. The summed E-state index contributed by atoms with van der Waals surface area (Å²) in [4.78, 5) is 34.1. The summed E-state index contributed by atoms with van der Waals surface area (Å²) in [5.41, 5.74) is 8.36. The Morgan fingerprint density at radius 3 is 2.68 bits per heavy atom. The van der Waals surface area contributed by atoms with Crippen molar-refractivity contribution in [2.75, 3.05) is 25.5 Å². The summed E-state index contributed by atoms with van der Waals surface area (Å²) in [5.74, 6) is 0.529. The Morgan fingerprint density at radius 1 is 1.19 bits per heavy atom. The smallest absolute Gasteiger partial charge is 0.244 e. The molecule has 8 heteroatoms. The van der Waals surface area contributed by atoms with Gasteiger partial charge in [0, 0.05) is 30.2 Å². The summed E-state index contributed by atoms with van der Waals surface area (Å²) < 4.78 is 5.45. The van der Waals surface area contributed by atoms with Crippen molar-refractivity contribution in [3.8, 4) is 5.75 Å². The van der Waals surface area contributed by atoms with Crippen LogP contribution in [-0.4, -0.2) is 64.5 Å². The van der Waals surface area contributed by atoms with Gasteiger partial charge in [0.05, 0.1) is 24.4 Å².